The fourth-order valence-corrected chi connectivity index (χ4v) is 3.59. The number of ether oxygens (including phenoxy) is 2. The van der Waals surface area contributed by atoms with Gasteiger partial charge in [0.05, 0.1) is 18.2 Å². The van der Waals surface area contributed by atoms with Crippen LogP contribution in [-0.4, -0.2) is 36.9 Å². The Morgan fingerprint density at radius 1 is 1.17 bits per heavy atom. The second-order valence-corrected chi connectivity index (χ2v) is 8.60. The molecule has 3 atom stereocenters. The summed E-state index contributed by atoms with van der Waals surface area (Å²) in [6, 6.07) is 2.74. The Bertz CT molecular complexity index is 774. The molecule has 1 aliphatic carbocycles. The largest absolute Gasteiger partial charge is 0.465 e. The van der Waals surface area contributed by atoms with Gasteiger partial charge in [-0.25, -0.2) is 9.59 Å². The van der Waals surface area contributed by atoms with Crippen LogP contribution in [0.1, 0.15) is 62.9 Å². The molecule has 0 saturated heterocycles. The molecule has 1 aromatic rings. The van der Waals surface area contributed by atoms with E-state index in [2.05, 4.69) is 15.4 Å². The molecule has 0 spiro atoms. The molecule has 1 unspecified atom stereocenters. The van der Waals surface area contributed by atoms with E-state index in [1.807, 2.05) is 0 Å². The summed E-state index contributed by atoms with van der Waals surface area (Å²) in [5, 5.41) is 5.74. The maximum atomic E-state index is 13.4. The van der Waals surface area contributed by atoms with Crippen molar-refractivity contribution in [3.8, 4) is 0 Å². The van der Waals surface area contributed by atoms with Crippen LogP contribution in [0.25, 0.3) is 0 Å². The van der Waals surface area contributed by atoms with Crippen molar-refractivity contribution in [1.29, 1.82) is 0 Å². The molecule has 1 aromatic carbocycles. The van der Waals surface area contributed by atoms with Gasteiger partial charge in [0.1, 0.15) is 5.60 Å². The van der Waals surface area contributed by atoms with E-state index in [-0.39, 0.29) is 29.3 Å². The van der Waals surface area contributed by atoms with Crippen molar-refractivity contribution in [2.75, 3.05) is 12.4 Å². The third kappa shape index (κ3) is 6.53. The topological polar surface area (TPSA) is 76.7 Å². The second-order valence-electron chi connectivity index (χ2n) is 8.60. The summed E-state index contributed by atoms with van der Waals surface area (Å²) in [6.45, 7) is 7.12. The number of benzene rings is 1. The van der Waals surface area contributed by atoms with Gasteiger partial charge in [0.25, 0.3) is 0 Å². The van der Waals surface area contributed by atoms with Crippen LogP contribution in [0.5, 0.6) is 0 Å². The molecule has 1 fully saturated rings. The molecule has 6 nitrogen and oxygen atoms in total. The van der Waals surface area contributed by atoms with E-state index in [0.29, 0.717) is 12.8 Å². The Kier molecular flexibility index (Phi) is 7.26. The molecule has 2 N–H and O–H groups in total. The lowest BCUT2D eigenvalue weighted by molar-refractivity contribution is -0.137. The first-order valence-corrected chi connectivity index (χ1v) is 9.85. The highest BCUT2D eigenvalue weighted by Gasteiger charge is 2.36. The highest BCUT2D eigenvalue weighted by molar-refractivity contribution is 5.90. The van der Waals surface area contributed by atoms with Crippen LogP contribution in [0.4, 0.5) is 23.7 Å². The first-order chi connectivity index (χ1) is 13.8. The molecule has 2 rings (SSSR count). The van der Waals surface area contributed by atoms with Gasteiger partial charge in [-0.3, -0.25) is 0 Å². The Balaban J connectivity index is 2.07. The van der Waals surface area contributed by atoms with Crippen molar-refractivity contribution in [3.63, 3.8) is 0 Å². The Morgan fingerprint density at radius 2 is 1.83 bits per heavy atom. The minimum atomic E-state index is -4.56. The zero-order valence-electron chi connectivity index (χ0n) is 17.9. The molecule has 0 aromatic heterocycles. The molecule has 30 heavy (non-hydrogen) atoms. The number of rotatable bonds is 5. The minimum Gasteiger partial charge on any atom is -0.465 e. The fourth-order valence-electron chi connectivity index (χ4n) is 3.59. The normalized spacial score (nSPS) is 20.4. The SMILES string of the molecule is COC(=O)c1ccc(C(F)(F)F)c(NC(C)[C@H]2CC[C@@H](NC(=O)OC(C)(C)C)C2)c1. The monoisotopic (exact) mass is 430 g/mol. The van der Waals surface area contributed by atoms with Gasteiger partial charge in [-0.2, -0.15) is 13.2 Å². The molecular weight excluding hydrogens is 401 g/mol. The number of hydrogen-bond donors (Lipinski definition) is 2. The van der Waals surface area contributed by atoms with E-state index in [1.165, 1.54) is 7.11 Å². The highest BCUT2D eigenvalue weighted by atomic mass is 19.4. The smallest absolute Gasteiger partial charge is 0.418 e. The molecule has 1 saturated carbocycles. The summed E-state index contributed by atoms with van der Waals surface area (Å²) in [4.78, 5) is 23.7. The molecule has 1 aliphatic rings. The van der Waals surface area contributed by atoms with Gasteiger partial charge in [-0.05, 0) is 71.1 Å². The lowest BCUT2D eigenvalue weighted by Crippen LogP contribution is -2.38. The lowest BCUT2D eigenvalue weighted by atomic mass is 9.98. The predicted molar refractivity (Wildman–Crippen MR) is 106 cm³/mol. The number of halogens is 3. The van der Waals surface area contributed by atoms with E-state index in [0.717, 1.165) is 24.6 Å². The second kappa shape index (κ2) is 9.14. The van der Waals surface area contributed by atoms with Crippen LogP contribution >= 0.6 is 0 Å². The molecule has 168 valence electrons. The molecule has 0 radical (unpaired) electrons. The summed E-state index contributed by atoms with van der Waals surface area (Å²) >= 11 is 0. The van der Waals surface area contributed by atoms with Crippen LogP contribution in [0, 0.1) is 5.92 Å². The lowest BCUT2D eigenvalue weighted by Gasteiger charge is -2.25. The first kappa shape index (κ1) is 23.8. The van der Waals surface area contributed by atoms with Crippen molar-refractivity contribution in [2.24, 2.45) is 5.92 Å². The molecule has 0 heterocycles. The number of alkyl halides is 3. The van der Waals surface area contributed by atoms with Crippen molar-refractivity contribution in [1.82, 2.24) is 5.32 Å². The molecule has 0 bridgehead atoms. The van der Waals surface area contributed by atoms with Crippen molar-refractivity contribution >= 4 is 17.7 Å². The number of nitrogens with one attached hydrogen (secondary N) is 2. The summed E-state index contributed by atoms with van der Waals surface area (Å²) in [5.41, 5.74) is -1.57. The van der Waals surface area contributed by atoms with Gasteiger partial charge >= 0.3 is 18.2 Å². The third-order valence-corrected chi connectivity index (χ3v) is 5.03. The summed E-state index contributed by atoms with van der Waals surface area (Å²) in [7, 11) is 1.17. The van der Waals surface area contributed by atoms with Gasteiger partial charge in [0, 0.05) is 17.8 Å². The van der Waals surface area contributed by atoms with E-state index in [9.17, 15) is 22.8 Å². The van der Waals surface area contributed by atoms with Crippen LogP contribution < -0.4 is 10.6 Å². The van der Waals surface area contributed by atoms with Crippen LogP contribution in [0.15, 0.2) is 18.2 Å². The number of alkyl carbamates (subject to hydrolysis) is 1. The number of carbonyl (C=O) groups excluding carboxylic acids is 2. The van der Waals surface area contributed by atoms with Crippen molar-refractivity contribution < 1.29 is 32.2 Å². The van der Waals surface area contributed by atoms with Crippen LogP contribution in [0.2, 0.25) is 0 Å². The molecule has 0 aliphatic heterocycles. The zero-order valence-corrected chi connectivity index (χ0v) is 17.9. The average molecular weight is 430 g/mol. The van der Waals surface area contributed by atoms with Crippen molar-refractivity contribution in [3.05, 3.63) is 29.3 Å². The Hall–Kier alpha value is -2.45. The van der Waals surface area contributed by atoms with E-state index >= 15 is 0 Å². The number of methoxy groups -OCH3 is 1. The maximum absolute atomic E-state index is 13.4. The minimum absolute atomic E-state index is 0.0380. The summed E-state index contributed by atoms with van der Waals surface area (Å²) in [5.74, 6) is -0.658. The number of esters is 1. The Labute approximate surface area is 174 Å². The Morgan fingerprint density at radius 3 is 2.40 bits per heavy atom. The fraction of sp³-hybridized carbons (Fsp3) is 0.619. The number of carbonyl (C=O) groups is 2. The highest BCUT2D eigenvalue weighted by Crippen LogP contribution is 2.37. The third-order valence-electron chi connectivity index (χ3n) is 5.03. The standard InChI is InChI=1S/C21H29F3N2O4/c1-12(13-6-8-15(10-13)26-19(28)30-20(2,3)4)25-17-11-14(18(27)29-5)7-9-16(17)21(22,23)24/h7,9,11-13,15,25H,6,8,10H2,1-5H3,(H,26,28)/t12?,13-,15+/m0/s1. The predicted octanol–water partition coefficient (Wildman–Crippen LogP) is 4.99. The molecule has 9 heteroatoms. The van der Waals surface area contributed by atoms with Crippen LogP contribution in [0.3, 0.4) is 0 Å². The van der Waals surface area contributed by atoms with Gasteiger partial charge in [-0.1, -0.05) is 0 Å². The van der Waals surface area contributed by atoms with Crippen molar-refractivity contribution in [2.45, 2.75) is 70.8 Å². The van der Waals surface area contributed by atoms with Gasteiger partial charge in [0.2, 0.25) is 0 Å². The van der Waals surface area contributed by atoms with Gasteiger partial charge in [-0.15, -0.1) is 0 Å². The first-order valence-electron chi connectivity index (χ1n) is 9.85. The quantitative estimate of drug-likeness (QED) is 0.644. The van der Waals surface area contributed by atoms with Gasteiger partial charge in [0.15, 0.2) is 0 Å². The number of anilines is 1. The number of amides is 1. The summed E-state index contributed by atoms with van der Waals surface area (Å²) in [6.07, 6.45) is -2.99. The van der Waals surface area contributed by atoms with E-state index in [4.69, 9.17) is 4.74 Å². The average Bonchev–Trinajstić information content (AvgIpc) is 3.06. The van der Waals surface area contributed by atoms with Gasteiger partial charge < -0.3 is 20.1 Å². The van der Waals surface area contributed by atoms with Crippen LogP contribution in [-0.2, 0) is 15.7 Å². The number of hydrogen-bond acceptors (Lipinski definition) is 5. The molecule has 1 amide bonds. The van der Waals surface area contributed by atoms with E-state index < -0.39 is 29.4 Å². The zero-order chi connectivity index (χ0) is 22.7. The maximum Gasteiger partial charge on any atom is 0.418 e. The molecular formula is C21H29F3N2O4. The summed E-state index contributed by atoms with van der Waals surface area (Å²) < 4.78 is 50.1. The van der Waals surface area contributed by atoms with E-state index in [1.54, 1.807) is 27.7 Å².